The fourth-order valence-corrected chi connectivity index (χ4v) is 2.42. The van der Waals surface area contributed by atoms with Crippen LogP contribution in [0.5, 0.6) is 0 Å². The van der Waals surface area contributed by atoms with Gasteiger partial charge >= 0.3 is 0 Å². The summed E-state index contributed by atoms with van der Waals surface area (Å²) in [4.78, 5) is 6.99. The van der Waals surface area contributed by atoms with Crippen LogP contribution in [0.15, 0.2) is 48.7 Å². The molecule has 2 aromatic heterocycles. The van der Waals surface area contributed by atoms with Gasteiger partial charge in [-0.1, -0.05) is 35.5 Å². The standard InChI is InChI=1S/C16H11F2N5/c17-11-6-12(18)15-13(7-11)19-16(20-15)14-9-23(22-21-14)8-10-4-2-1-3-5-10/h1-7,9H,8H2,(H,19,20). The van der Waals surface area contributed by atoms with Gasteiger partial charge in [0.1, 0.15) is 17.0 Å². The van der Waals surface area contributed by atoms with Gasteiger partial charge in [0.25, 0.3) is 0 Å². The van der Waals surface area contributed by atoms with Crippen LogP contribution in [0.4, 0.5) is 8.78 Å². The lowest BCUT2D eigenvalue weighted by Crippen LogP contribution is -1.99. The van der Waals surface area contributed by atoms with Gasteiger partial charge in [0.05, 0.1) is 18.3 Å². The van der Waals surface area contributed by atoms with Crippen LogP contribution in [-0.4, -0.2) is 25.0 Å². The van der Waals surface area contributed by atoms with Crippen molar-refractivity contribution in [2.45, 2.75) is 6.54 Å². The van der Waals surface area contributed by atoms with Crippen molar-refractivity contribution in [2.75, 3.05) is 0 Å². The molecule has 0 amide bonds. The van der Waals surface area contributed by atoms with Gasteiger partial charge in [-0.3, -0.25) is 0 Å². The maximum Gasteiger partial charge on any atom is 0.160 e. The van der Waals surface area contributed by atoms with Crippen molar-refractivity contribution in [3.63, 3.8) is 0 Å². The molecule has 0 atom stereocenters. The van der Waals surface area contributed by atoms with Crippen LogP contribution >= 0.6 is 0 Å². The van der Waals surface area contributed by atoms with E-state index in [1.807, 2.05) is 30.3 Å². The Hall–Kier alpha value is -3.09. The lowest BCUT2D eigenvalue weighted by molar-refractivity contribution is 0.591. The number of fused-ring (bicyclic) bond motifs is 1. The van der Waals surface area contributed by atoms with Crippen LogP contribution in [0.1, 0.15) is 5.56 Å². The normalized spacial score (nSPS) is 11.2. The number of hydrogen-bond donors (Lipinski definition) is 1. The molecule has 0 radical (unpaired) electrons. The number of nitrogens with one attached hydrogen (secondary N) is 1. The molecule has 5 nitrogen and oxygen atoms in total. The number of hydrogen-bond acceptors (Lipinski definition) is 3. The van der Waals surface area contributed by atoms with Gasteiger partial charge in [0.2, 0.25) is 0 Å². The fraction of sp³-hybridized carbons (Fsp3) is 0.0625. The fourth-order valence-electron chi connectivity index (χ4n) is 2.42. The average Bonchev–Trinajstić information content (AvgIpc) is 3.15. The van der Waals surface area contributed by atoms with E-state index >= 15 is 0 Å². The number of aromatic amines is 1. The highest BCUT2D eigenvalue weighted by Gasteiger charge is 2.13. The zero-order valence-electron chi connectivity index (χ0n) is 11.9. The van der Waals surface area contributed by atoms with E-state index in [2.05, 4.69) is 20.3 Å². The van der Waals surface area contributed by atoms with Gasteiger partial charge in [-0.15, -0.1) is 5.10 Å². The number of halogens is 2. The summed E-state index contributed by atoms with van der Waals surface area (Å²) in [5, 5.41) is 8.07. The van der Waals surface area contributed by atoms with E-state index in [9.17, 15) is 8.78 Å². The second-order valence-corrected chi connectivity index (χ2v) is 5.16. The molecule has 0 unspecified atom stereocenters. The Labute approximate surface area is 129 Å². The second kappa shape index (κ2) is 5.28. The van der Waals surface area contributed by atoms with Gasteiger partial charge in [0.15, 0.2) is 11.6 Å². The molecule has 0 fully saturated rings. The smallest absolute Gasteiger partial charge is 0.160 e. The molecule has 1 N–H and O–H groups in total. The van der Waals surface area contributed by atoms with E-state index < -0.39 is 11.6 Å². The Kier molecular flexibility index (Phi) is 3.11. The Balaban J connectivity index is 1.67. The van der Waals surface area contributed by atoms with Crippen molar-refractivity contribution in [3.05, 3.63) is 65.9 Å². The third-order valence-corrected chi connectivity index (χ3v) is 3.47. The quantitative estimate of drug-likeness (QED) is 0.632. The Bertz CT molecular complexity index is 975. The van der Waals surface area contributed by atoms with Crippen molar-refractivity contribution in [2.24, 2.45) is 0 Å². The molecular weight excluding hydrogens is 300 g/mol. The van der Waals surface area contributed by atoms with Crippen molar-refractivity contribution in [1.29, 1.82) is 0 Å². The van der Waals surface area contributed by atoms with Crippen LogP contribution in [0.2, 0.25) is 0 Å². The Morgan fingerprint density at radius 2 is 1.91 bits per heavy atom. The van der Waals surface area contributed by atoms with E-state index in [1.165, 1.54) is 6.07 Å². The maximum absolute atomic E-state index is 13.7. The Morgan fingerprint density at radius 1 is 1.09 bits per heavy atom. The molecule has 0 aliphatic heterocycles. The molecular formula is C16H11F2N5. The predicted octanol–water partition coefficient (Wildman–Crippen LogP) is 3.15. The first-order valence-electron chi connectivity index (χ1n) is 6.98. The minimum atomic E-state index is -0.709. The number of benzene rings is 2. The third-order valence-electron chi connectivity index (χ3n) is 3.47. The number of rotatable bonds is 3. The van der Waals surface area contributed by atoms with Crippen LogP contribution < -0.4 is 0 Å². The molecule has 114 valence electrons. The van der Waals surface area contributed by atoms with Crippen LogP contribution in [0.3, 0.4) is 0 Å². The molecule has 0 spiro atoms. The van der Waals surface area contributed by atoms with E-state index in [1.54, 1.807) is 10.9 Å². The minimum absolute atomic E-state index is 0.0824. The molecule has 0 saturated carbocycles. The minimum Gasteiger partial charge on any atom is -0.336 e. The largest absolute Gasteiger partial charge is 0.336 e. The van der Waals surface area contributed by atoms with Crippen molar-refractivity contribution < 1.29 is 8.78 Å². The molecule has 2 heterocycles. The van der Waals surface area contributed by atoms with Crippen molar-refractivity contribution in [3.8, 4) is 11.5 Å². The van der Waals surface area contributed by atoms with Gasteiger partial charge in [-0.25, -0.2) is 18.4 Å². The monoisotopic (exact) mass is 311 g/mol. The lowest BCUT2D eigenvalue weighted by Gasteiger charge is -1.98. The first-order valence-corrected chi connectivity index (χ1v) is 6.98. The van der Waals surface area contributed by atoms with E-state index in [-0.39, 0.29) is 11.0 Å². The molecule has 0 aliphatic carbocycles. The molecule has 2 aromatic carbocycles. The number of imidazole rings is 1. The molecule has 4 rings (SSSR count). The third kappa shape index (κ3) is 2.57. The summed E-state index contributed by atoms with van der Waals surface area (Å²) in [5.41, 5.74) is 1.92. The lowest BCUT2D eigenvalue weighted by atomic mass is 10.2. The van der Waals surface area contributed by atoms with E-state index in [4.69, 9.17) is 0 Å². The SMILES string of the molecule is Fc1cc(F)c2nc(-c3cn(Cc4ccccc4)nn3)[nH]c2c1. The summed E-state index contributed by atoms with van der Waals surface area (Å²) >= 11 is 0. The highest BCUT2D eigenvalue weighted by molar-refractivity contribution is 5.79. The summed E-state index contributed by atoms with van der Waals surface area (Å²) in [6.07, 6.45) is 1.71. The summed E-state index contributed by atoms with van der Waals surface area (Å²) in [5.74, 6) is -1.01. The number of nitrogens with zero attached hydrogens (tertiary/aromatic N) is 4. The molecule has 0 bridgehead atoms. The highest BCUT2D eigenvalue weighted by atomic mass is 19.1. The summed E-state index contributed by atoms with van der Waals surface area (Å²) in [6.45, 7) is 0.567. The number of aromatic nitrogens is 5. The van der Waals surface area contributed by atoms with Gasteiger partial charge in [-0.05, 0) is 11.6 Å². The highest BCUT2D eigenvalue weighted by Crippen LogP contribution is 2.22. The molecule has 23 heavy (non-hydrogen) atoms. The maximum atomic E-state index is 13.7. The van der Waals surface area contributed by atoms with Crippen molar-refractivity contribution in [1.82, 2.24) is 25.0 Å². The second-order valence-electron chi connectivity index (χ2n) is 5.16. The topological polar surface area (TPSA) is 59.4 Å². The predicted molar refractivity (Wildman–Crippen MR) is 80.6 cm³/mol. The summed E-state index contributed by atoms with van der Waals surface area (Å²) < 4.78 is 28.6. The van der Waals surface area contributed by atoms with Gasteiger partial charge in [-0.2, -0.15) is 0 Å². The molecule has 0 saturated heterocycles. The zero-order valence-corrected chi connectivity index (χ0v) is 11.9. The van der Waals surface area contributed by atoms with Crippen LogP contribution in [0, 0.1) is 11.6 Å². The molecule has 4 aromatic rings. The van der Waals surface area contributed by atoms with E-state index in [0.29, 0.717) is 18.1 Å². The van der Waals surface area contributed by atoms with Crippen LogP contribution in [-0.2, 0) is 6.54 Å². The van der Waals surface area contributed by atoms with Crippen LogP contribution in [0.25, 0.3) is 22.6 Å². The average molecular weight is 311 g/mol. The van der Waals surface area contributed by atoms with Gasteiger partial charge in [0, 0.05) is 6.07 Å². The Morgan fingerprint density at radius 3 is 2.74 bits per heavy atom. The summed E-state index contributed by atoms with van der Waals surface area (Å²) in [6, 6.07) is 11.8. The zero-order chi connectivity index (χ0) is 15.8. The van der Waals surface area contributed by atoms with Gasteiger partial charge < -0.3 is 4.98 Å². The van der Waals surface area contributed by atoms with E-state index in [0.717, 1.165) is 11.6 Å². The van der Waals surface area contributed by atoms with Crippen molar-refractivity contribution >= 4 is 11.0 Å². The number of H-pyrrole nitrogens is 1. The molecule has 0 aliphatic rings. The summed E-state index contributed by atoms with van der Waals surface area (Å²) in [7, 11) is 0. The first kappa shape index (κ1) is 13.6. The first-order chi connectivity index (χ1) is 11.2. The molecule has 7 heteroatoms.